The van der Waals surface area contributed by atoms with Gasteiger partial charge in [-0.1, -0.05) is 11.8 Å². The molecule has 9 heavy (non-hydrogen) atoms. The summed E-state index contributed by atoms with van der Waals surface area (Å²) < 4.78 is 0. The number of hydrogen-bond acceptors (Lipinski definition) is 3. The van der Waals surface area contributed by atoms with E-state index in [9.17, 15) is 4.79 Å². The van der Waals surface area contributed by atoms with Crippen molar-refractivity contribution >= 4 is 16.9 Å². The third-order valence-electron chi connectivity index (χ3n) is 0.844. The quantitative estimate of drug-likeness (QED) is 0.547. The van der Waals surface area contributed by atoms with E-state index in [2.05, 4.69) is 4.90 Å². The van der Waals surface area contributed by atoms with Crippen LogP contribution in [-0.2, 0) is 4.79 Å². The lowest BCUT2D eigenvalue weighted by molar-refractivity contribution is -0.109. The largest absolute Gasteiger partial charge is 0.288 e. The fourth-order valence-corrected chi connectivity index (χ4v) is 1.12. The first-order valence-electron chi connectivity index (χ1n) is 2.91. The lowest BCUT2D eigenvalue weighted by Crippen LogP contribution is -2.21. The fraction of sp³-hybridized carbons (Fsp3) is 0.833. The summed E-state index contributed by atoms with van der Waals surface area (Å²) in [6.07, 6.45) is 0. The standard InChI is InChI=1S/C6H13NOS/c1-6(8)9-5-4-7(2)3/h4-5H2,1-3H3/q+1. The molecule has 53 valence electrons. The van der Waals surface area contributed by atoms with Crippen LogP contribution in [0.5, 0.6) is 0 Å². The second-order valence-corrected chi connectivity index (χ2v) is 3.42. The first kappa shape index (κ1) is 8.98. The third kappa shape index (κ3) is 7.98. The van der Waals surface area contributed by atoms with Crippen LogP contribution in [0.3, 0.4) is 0 Å². The van der Waals surface area contributed by atoms with Gasteiger partial charge in [-0.25, -0.2) is 0 Å². The maximum atomic E-state index is 10.4. The van der Waals surface area contributed by atoms with Crippen LogP contribution in [0.4, 0.5) is 0 Å². The molecule has 0 atom stereocenters. The van der Waals surface area contributed by atoms with Gasteiger partial charge in [-0.2, -0.15) is 4.90 Å². The second-order valence-electron chi connectivity index (χ2n) is 2.14. The molecular formula is C6H13NOS+. The molecule has 0 aromatic carbocycles. The number of carbonyl (C=O) groups excluding carboxylic acids is 1. The van der Waals surface area contributed by atoms with E-state index < -0.39 is 0 Å². The van der Waals surface area contributed by atoms with E-state index >= 15 is 0 Å². The Kier molecular flexibility index (Phi) is 4.81. The molecule has 1 radical (unpaired) electrons. The minimum atomic E-state index is 0.205. The molecule has 0 aromatic heterocycles. The van der Waals surface area contributed by atoms with Crippen molar-refractivity contribution < 1.29 is 4.79 Å². The molecule has 0 fully saturated rings. The van der Waals surface area contributed by atoms with Crippen LogP contribution in [0.1, 0.15) is 6.92 Å². The van der Waals surface area contributed by atoms with Gasteiger partial charge in [-0.05, 0) is 0 Å². The van der Waals surface area contributed by atoms with Gasteiger partial charge in [-0.15, -0.1) is 0 Å². The summed E-state index contributed by atoms with van der Waals surface area (Å²) in [5.41, 5.74) is 0. The molecule has 0 N–H and O–H groups in total. The minimum Gasteiger partial charge on any atom is -0.288 e. The number of thioether (sulfide) groups is 1. The SMILES string of the molecule is CC(=O)SCC[N+](C)C. The number of rotatable bonds is 3. The van der Waals surface area contributed by atoms with E-state index in [0.29, 0.717) is 0 Å². The van der Waals surface area contributed by atoms with E-state index in [1.807, 2.05) is 14.1 Å². The van der Waals surface area contributed by atoms with Crippen LogP contribution >= 0.6 is 11.8 Å². The maximum Gasteiger partial charge on any atom is 0.186 e. The Bertz CT molecular complexity index is 93.1. The Hall–Kier alpha value is -0.0200. The first-order valence-corrected chi connectivity index (χ1v) is 3.89. The van der Waals surface area contributed by atoms with Crippen molar-refractivity contribution in [1.29, 1.82) is 0 Å². The van der Waals surface area contributed by atoms with Gasteiger partial charge in [0.25, 0.3) is 0 Å². The van der Waals surface area contributed by atoms with Crippen LogP contribution in [0.25, 0.3) is 0 Å². The van der Waals surface area contributed by atoms with Crippen LogP contribution in [0.15, 0.2) is 0 Å². The van der Waals surface area contributed by atoms with Gasteiger partial charge in [-0.3, -0.25) is 4.79 Å². The van der Waals surface area contributed by atoms with Crippen LogP contribution < -0.4 is 4.90 Å². The van der Waals surface area contributed by atoms with E-state index in [4.69, 9.17) is 0 Å². The normalized spacial score (nSPS) is 10.2. The predicted molar refractivity (Wildman–Crippen MR) is 42.0 cm³/mol. The molecule has 0 spiro atoms. The molecule has 0 aliphatic rings. The number of nitrogens with zero attached hydrogens (tertiary/aromatic N) is 1. The molecule has 0 saturated carbocycles. The molecule has 0 heterocycles. The smallest absolute Gasteiger partial charge is 0.186 e. The van der Waals surface area contributed by atoms with Crippen LogP contribution in [0, 0.1) is 0 Å². The Morgan fingerprint density at radius 2 is 2.11 bits per heavy atom. The van der Waals surface area contributed by atoms with Crippen LogP contribution in [0.2, 0.25) is 0 Å². The average Bonchev–Trinajstić information content (AvgIpc) is 1.63. The summed E-state index contributed by atoms with van der Waals surface area (Å²) in [4.78, 5) is 12.4. The average molecular weight is 147 g/mol. The van der Waals surface area contributed by atoms with Gasteiger partial charge >= 0.3 is 0 Å². The highest BCUT2D eigenvalue weighted by atomic mass is 32.2. The Balaban J connectivity index is 3.01. The number of hydrogen-bond donors (Lipinski definition) is 0. The monoisotopic (exact) mass is 147 g/mol. The first-order chi connectivity index (χ1) is 4.13. The summed E-state index contributed by atoms with van der Waals surface area (Å²) in [6.45, 7) is 2.57. The zero-order valence-corrected chi connectivity index (χ0v) is 6.99. The van der Waals surface area contributed by atoms with Crippen molar-refractivity contribution in [3.05, 3.63) is 0 Å². The van der Waals surface area contributed by atoms with Crippen molar-refractivity contribution in [3.8, 4) is 0 Å². The summed E-state index contributed by atoms with van der Waals surface area (Å²) >= 11 is 1.38. The summed E-state index contributed by atoms with van der Waals surface area (Å²) in [6, 6.07) is 0. The van der Waals surface area contributed by atoms with Crippen molar-refractivity contribution in [1.82, 2.24) is 4.90 Å². The summed E-state index contributed by atoms with van der Waals surface area (Å²) in [7, 11) is 4.00. The van der Waals surface area contributed by atoms with Crippen LogP contribution in [-0.4, -0.2) is 31.5 Å². The summed E-state index contributed by atoms with van der Waals surface area (Å²) in [5.74, 6) is 0.905. The molecular weight excluding hydrogens is 134 g/mol. The Labute approximate surface area is 60.6 Å². The molecule has 0 aliphatic heterocycles. The molecule has 0 saturated heterocycles. The highest BCUT2D eigenvalue weighted by molar-refractivity contribution is 8.13. The zero-order chi connectivity index (χ0) is 7.28. The lowest BCUT2D eigenvalue weighted by Gasteiger charge is -1.96. The number of carbonyl (C=O) groups is 1. The Morgan fingerprint density at radius 1 is 1.56 bits per heavy atom. The van der Waals surface area contributed by atoms with Gasteiger partial charge < -0.3 is 0 Å². The zero-order valence-electron chi connectivity index (χ0n) is 6.18. The molecule has 0 rings (SSSR count). The second kappa shape index (κ2) is 4.82. The lowest BCUT2D eigenvalue weighted by atomic mass is 10.7. The highest BCUT2D eigenvalue weighted by Gasteiger charge is 1.99. The minimum absolute atomic E-state index is 0.205. The molecule has 0 unspecified atom stereocenters. The molecule has 3 heteroatoms. The van der Waals surface area contributed by atoms with Gasteiger partial charge in [0.1, 0.15) is 20.6 Å². The molecule has 0 aromatic rings. The molecule has 0 bridgehead atoms. The molecule has 2 nitrogen and oxygen atoms in total. The fourth-order valence-electron chi connectivity index (χ4n) is 0.372. The van der Waals surface area contributed by atoms with E-state index in [1.165, 1.54) is 11.8 Å². The summed E-state index contributed by atoms with van der Waals surface area (Å²) in [5, 5.41) is 0.205. The topological polar surface area (TPSA) is 23.0 Å². The van der Waals surface area contributed by atoms with Crippen molar-refractivity contribution in [3.63, 3.8) is 0 Å². The third-order valence-corrected chi connectivity index (χ3v) is 1.64. The molecule has 0 aliphatic carbocycles. The predicted octanol–water partition coefficient (Wildman–Crippen LogP) is 0.666. The van der Waals surface area contributed by atoms with E-state index in [1.54, 1.807) is 6.92 Å². The van der Waals surface area contributed by atoms with Crippen molar-refractivity contribution in [2.45, 2.75) is 6.92 Å². The highest BCUT2D eigenvalue weighted by Crippen LogP contribution is 1.98. The van der Waals surface area contributed by atoms with Gasteiger partial charge in [0.2, 0.25) is 0 Å². The van der Waals surface area contributed by atoms with Gasteiger partial charge in [0.05, 0.1) is 5.75 Å². The molecule has 0 amide bonds. The van der Waals surface area contributed by atoms with Gasteiger partial charge in [0, 0.05) is 6.92 Å². The van der Waals surface area contributed by atoms with E-state index in [-0.39, 0.29) is 5.12 Å². The Morgan fingerprint density at radius 3 is 2.44 bits per heavy atom. The van der Waals surface area contributed by atoms with Crippen molar-refractivity contribution in [2.24, 2.45) is 0 Å². The maximum absolute atomic E-state index is 10.4. The van der Waals surface area contributed by atoms with Crippen molar-refractivity contribution in [2.75, 3.05) is 26.4 Å². The van der Waals surface area contributed by atoms with E-state index in [0.717, 1.165) is 12.3 Å². The van der Waals surface area contributed by atoms with Gasteiger partial charge in [0.15, 0.2) is 5.12 Å².